The van der Waals surface area contributed by atoms with Gasteiger partial charge in [-0.25, -0.2) is 9.50 Å². The molecule has 0 fully saturated rings. The lowest BCUT2D eigenvalue weighted by Crippen LogP contribution is -1.99. The van der Waals surface area contributed by atoms with Gasteiger partial charge in [-0.05, 0) is 24.6 Å². The Bertz CT molecular complexity index is 849. The van der Waals surface area contributed by atoms with Crippen LogP contribution in [0.5, 0.6) is 5.75 Å². The molecule has 3 rings (SSSR count). The first-order valence-corrected chi connectivity index (χ1v) is 6.89. The number of hydrogen-bond acceptors (Lipinski definition) is 4. The van der Waals surface area contributed by atoms with Gasteiger partial charge in [0.15, 0.2) is 0 Å². The molecular formula is C16H13FN4O. The van der Waals surface area contributed by atoms with Crippen LogP contribution in [0.15, 0.2) is 36.8 Å². The number of ether oxygens (including phenoxy) is 1. The summed E-state index contributed by atoms with van der Waals surface area (Å²) in [5, 5.41) is 13.4. The number of hydrogen-bond donors (Lipinski definition) is 0. The van der Waals surface area contributed by atoms with Crippen molar-refractivity contribution in [3.05, 3.63) is 48.3 Å². The summed E-state index contributed by atoms with van der Waals surface area (Å²) in [5.41, 5.74) is 2.53. The van der Waals surface area contributed by atoms with Gasteiger partial charge in [0.05, 0.1) is 30.1 Å². The third-order valence-corrected chi connectivity index (χ3v) is 3.22. The molecule has 5 nitrogen and oxygen atoms in total. The maximum atomic E-state index is 13.0. The number of nitriles is 1. The third kappa shape index (κ3) is 2.49. The van der Waals surface area contributed by atoms with Crippen LogP contribution in [0, 0.1) is 17.3 Å². The predicted molar refractivity (Wildman–Crippen MR) is 78.9 cm³/mol. The topological polar surface area (TPSA) is 63.2 Å². The summed E-state index contributed by atoms with van der Waals surface area (Å²) in [7, 11) is 0. The van der Waals surface area contributed by atoms with Crippen LogP contribution in [0.2, 0.25) is 0 Å². The van der Waals surface area contributed by atoms with Gasteiger partial charge in [0.25, 0.3) is 0 Å². The molecular weight excluding hydrogens is 283 g/mol. The van der Waals surface area contributed by atoms with Crippen molar-refractivity contribution in [1.29, 1.82) is 5.26 Å². The number of halogens is 1. The third-order valence-electron chi connectivity index (χ3n) is 3.22. The van der Waals surface area contributed by atoms with Crippen LogP contribution in [0.4, 0.5) is 4.39 Å². The van der Waals surface area contributed by atoms with Crippen molar-refractivity contribution in [2.75, 3.05) is 6.61 Å². The lowest BCUT2D eigenvalue weighted by molar-refractivity contribution is 0.315. The monoisotopic (exact) mass is 296 g/mol. The molecule has 3 aromatic rings. The summed E-state index contributed by atoms with van der Waals surface area (Å²) in [6, 6.07) is 6.84. The molecule has 0 aromatic carbocycles. The van der Waals surface area contributed by atoms with E-state index < -0.39 is 5.95 Å². The fourth-order valence-electron chi connectivity index (χ4n) is 2.23. The number of rotatable bonds is 4. The molecule has 0 aliphatic rings. The molecule has 0 spiro atoms. The SMILES string of the molecule is CCCOc1cc(-c2ccc(F)nc2)c2c(C#N)cnn2c1. The van der Waals surface area contributed by atoms with Crippen LogP contribution in [-0.4, -0.2) is 21.2 Å². The van der Waals surface area contributed by atoms with Crippen molar-refractivity contribution in [2.45, 2.75) is 13.3 Å². The van der Waals surface area contributed by atoms with Gasteiger partial charge in [-0.3, -0.25) is 0 Å². The molecule has 0 aliphatic heterocycles. The molecule has 0 saturated heterocycles. The molecule has 0 atom stereocenters. The van der Waals surface area contributed by atoms with Crippen molar-refractivity contribution in [3.8, 4) is 22.9 Å². The van der Waals surface area contributed by atoms with Crippen LogP contribution in [0.3, 0.4) is 0 Å². The predicted octanol–water partition coefficient (Wildman–Crippen LogP) is 3.20. The van der Waals surface area contributed by atoms with E-state index in [4.69, 9.17) is 4.74 Å². The number of fused-ring (bicyclic) bond motifs is 1. The van der Waals surface area contributed by atoms with Gasteiger partial charge >= 0.3 is 0 Å². The highest BCUT2D eigenvalue weighted by atomic mass is 19.1. The second-order valence-corrected chi connectivity index (χ2v) is 4.77. The Kier molecular flexibility index (Phi) is 3.71. The highest BCUT2D eigenvalue weighted by Crippen LogP contribution is 2.30. The molecule has 6 heteroatoms. The summed E-state index contributed by atoms with van der Waals surface area (Å²) in [5.74, 6) is 0.0911. The largest absolute Gasteiger partial charge is 0.492 e. The van der Waals surface area contributed by atoms with E-state index in [1.54, 1.807) is 16.8 Å². The second kappa shape index (κ2) is 5.82. The van der Waals surface area contributed by atoms with Crippen molar-refractivity contribution in [1.82, 2.24) is 14.6 Å². The van der Waals surface area contributed by atoms with E-state index in [-0.39, 0.29) is 0 Å². The fraction of sp³-hybridized carbons (Fsp3) is 0.188. The van der Waals surface area contributed by atoms with Crippen molar-refractivity contribution >= 4 is 5.52 Å². The zero-order chi connectivity index (χ0) is 15.5. The summed E-state index contributed by atoms with van der Waals surface area (Å²) in [6.07, 6.45) is 5.54. The molecule has 22 heavy (non-hydrogen) atoms. The first-order chi connectivity index (χ1) is 10.7. The quantitative estimate of drug-likeness (QED) is 0.694. The Morgan fingerprint density at radius 3 is 2.91 bits per heavy atom. The Hall–Kier alpha value is -2.94. The summed E-state index contributed by atoms with van der Waals surface area (Å²) < 4.78 is 20.3. The summed E-state index contributed by atoms with van der Waals surface area (Å²) in [4.78, 5) is 3.67. The maximum absolute atomic E-state index is 13.0. The van der Waals surface area contributed by atoms with Crippen molar-refractivity contribution in [2.24, 2.45) is 0 Å². The average molecular weight is 296 g/mol. The minimum absolute atomic E-state index is 0.446. The summed E-state index contributed by atoms with van der Waals surface area (Å²) in [6.45, 7) is 2.60. The van der Waals surface area contributed by atoms with E-state index in [1.807, 2.05) is 13.0 Å². The van der Waals surface area contributed by atoms with E-state index in [1.165, 1.54) is 18.5 Å². The van der Waals surface area contributed by atoms with Gasteiger partial charge in [-0.15, -0.1) is 0 Å². The van der Waals surface area contributed by atoms with E-state index in [2.05, 4.69) is 16.2 Å². The smallest absolute Gasteiger partial charge is 0.212 e. The standard InChI is InChI=1S/C16H13FN4O/c1-2-5-22-13-6-14(11-3-4-15(17)19-8-11)16-12(7-18)9-20-21(16)10-13/h3-4,6,8-10H,2,5H2,1H3. The first kappa shape index (κ1) is 14.0. The Morgan fingerprint density at radius 2 is 2.23 bits per heavy atom. The molecule has 0 unspecified atom stereocenters. The Balaban J connectivity index is 2.22. The lowest BCUT2D eigenvalue weighted by atomic mass is 10.1. The van der Waals surface area contributed by atoms with Gasteiger partial charge in [0.1, 0.15) is 11.8 Å². The van der Waals surface area contributed by atoms with Gasteiger partial charge in [-0.1, -0.05) is 6.92 Å². The average Bonchev–Trinajstić information content (AvgIpc) is 2.96. The molecule has 0 radical (unpaired) electrons. The lowest BCUT2D eigenvalue weighted by Gasteiger charge is -2.10. The molecule has 110 valence electrons. The van der Waals surface area contributed by atoms with Crippen molar-refractivity contribution in [3.63, 3.8) is 0 Å². The van der Waals surface area contributed by atoms with E-state index in [9.17, 15) is 9.65 Å². The Labute approximate surface area is 126 Å². The van der Waals surface area contributed by atoms with Gasteiger partial charge < -0.3 is 4.74 Å². The van der Waals surface area contributed by atoms with Crippen LogP contribution in [0.1, 0.15) is 18.9 Å². The van der Waals surface area contributed by atoms with Crippen LogP contribution in [0.25, 0.3) is 16.6 Å². The van der Waals surface area contributed by atoms with Crippen LogP contribution >= 0.6 is 0 Å². The molecule has 0 aliphatic carbocycles. The molecule has 0 N–H and O–H groups in total. The second-order valence-electron chi connectivity index (χ2n) is 4.77. The molecule has 3 aromatic heterocycles. The number of nitrogens with zero attached hydrogens (tertiary/aromatic N) is 4. The summed E-state index contributed by atoms with van der Waals surface area (Å²) >= 11 is 0. The van der Waals surface area contributed by atoms with Crippen LogP contribution in [-0.2, 0) is 0 Å². The maximum Gasteiger partial charge on any atom is 0.212 e. The van der Waals surface area contributed by atoms with E-state index in [0.29, 0.717) is 29.0 Å². The van der Waals surface area contributed by atoms with E-state index in [0.717, 1.165) is 12.0 Å². The highest BCUT2D eigenvalue weighted by molar-refractivity contribution is 5.84. The molecule has 3 heterocycles. The fourth-order valence-corrected chi connectivity index (χ4v) is 2.23. The molecule has 0 amide bonds. The highest BCUT2D eigenvalue weighted by Gasteiger charge is 2.13. The van der Waals surface area contributed by atoms with Gasteiger partial charge in [0.2, 0.25) is 5.95 Å². The zero-order valence-electron chi connectivity index (χ0n) is 12.0. The normalized spacial score (nSPS) is 10.6. The van der Waals surface area contributed by atoms with Crippen molar-refractivity contribution < 1.29 is 9.13 Å². The number of aromatic nitrogens is 3. The van der Waals surface area contributed by atoms with Gasteiger partial charge in [0, 0.05) is 17.3 Å². The minimum Gasteiger partial charge on any atom is -0.492 e. The minimum atomic E-state index is -0.549. The first-order valence-electron chi connectivity index (χ1n) is 6.89. The van der Waals surface area contributed by atoms with Gasteiger partial charge in [-0.2, -0.15) is 14.8 Å². The zero-order valence-corrected chi connectivity index (χ0v) is 12.0. The number of pyridine rings is 2. The van der Waals surface area contributed by atoms with E-state index >= 15 is 0 Å². The van der Waals surface area contributed by atoms with Crippen LogP contribution < -0.4 is 4.74 Å². The molecule has 0 bridgehead atoms. The molecule has 0 saturated carbocycles. The Morgan fingerprint density at radius 1 is 1.36 bits per heavy atom.